The van der Waals surface area contributed by atoms with E-state index in [1.165, 1.54) is 22.6 Å². The van der Waals surface area contributed by atoms with Crippen LogP contribution in [0.15, 0.2) is 28.0 Å². The van der Waals surface area contributed by atoms with Gasteiger partial charge in [-0.3, -0.25) is 9.59 Å². The third kappa shape index (κ3) is 2.14. The van der Waals surface area contributed by atoms with E-state index in [-0.39, 0.29) is 22.4 Å². The molecule has 1 aromatic heterocycles. The quantitative estimate of drug-likeness (QED) is 0.787. The van der Waals surface area contributed by atoms with Crippen LogP contribution < -0.4 is 5.56 Å². The maximum atomic E-state index is 12.5. The molecule has 0 saturated carbocycles. The molecule has 108 valence electrons. The number of fused-ring (bicyclic) bond motifs is 1. The van der Waals surface area contributed by atoms with Crippen molar-refractivity contribution >= 4 is 15.9 Å². The van der Waals surface area contributed by atoms with Gasteiger partial charge in [0.25, 0.3) is 0 Å². The number of sulfonamides is 1. The lowest BCUT2D eigenvalue weighted by atomic mass is 10.2. The molecule has 3 heterocycles. The monoisotopic (exact) mass is 297 g/mol. The number of carbonyl (C=O) groups excluding carboxylic acids is 1. The second-order valence-corrected chi connectivity index (χ2v) is 6.97. The van der Waals surface area contributed by atoms with Crippen LogP contribution in [-0.4, -0.2) is 54.2 Å². The molecule has 0 spiro atoms. The van der Waals surface area contributed by atoms with Crippen molar-refractivity contribution in [1.29, 1.82) is 0 Å². The highest BCUT2D eigenvalue weighted by molar-refractivity contribution is 7.89. The molecule has 1 atom stereocenters. The highest BCUT2D eigenvalue weighted by Crippen LogP contribution is 2.26. The molecule has 7 nitrogen and oxygen atoms in total. The van der Waals surface area contributed by atoms with E-state index < -0.39 is 10.0 Å². The van der Waals surface area contributed by atoms with Crippen LogP contribution in [0.25, 0.3) is 0 Å². The first-order chi connectivity index (χ1) is 9.48. The van der Waals surface area contributed by atoms with Gasteiger partial charge in [0.1, 0.15) is 0 Å². The summed E-state index contributed by atoms with van der Waals surface area (Å²) in [5.41, 5.74) is -0.338. The molecule has 1 N–H and O–H groups in total. The lowest BCUT2D eigenvalue weighted by Gasteiger charge is -2.36. The van der Waals surface area contributed by atoms with Gasteiger partial charge in [0.05, 0.1) is 4.90 Å². The minimum absolute atomic E-state index is 0.0196. The highest BCUT2D eigenvalue weighted by atomic mass is 32.2. The number of aromatic amines is 1. The van der Waals surface area contributed by atoms with Crippen LogP contribution in [0.4, 0.5) is 0 Å². The smallest absolute Gasteiger partial charge is 0.247 e. The zero-order valence-electron chi connectivity index (χ0n) is 10.8. The molecular formula is C12H15N3O4S. The minimum Gasteiger partial charge on any atom is -0.337 e. The number of amides is 1. The number of hydrogen-bond acceptors (Lipinski definition) is 4. The summed E-state index contributed by atoms with van der Waals surface area (Å²) in [6.07, 6.45) is 2.41. The average Bonchev–Trinajstić information content (AvgIpc) is 2.80. The number of pyridine rings is 1. The summed E-state index contributed by atoms with van der Waals surface area (Å²) < 4.78 is 26.3. The van der Waals surface area contributed by atoms with Gasteiger partial charge < -0.3 is 9.88 Å². The molecule has 2 saturated heterocycles. The molecule has 1 amide bonds. The molecule has 0 aliphatic carbocycles. The van der Waals surface area contributed by atoms with Gasteiger partial charge in [-0.2, -0.15) is 4.31 Å². The Kier molecular flexibility index (Phi) is 3.14. The molecule has 8 heteroatoms. The summed E-state index contributed by atoms with van der Waals surface area (Å²) >= 11 is 0. The zero-order chi connectivity index (χ0) is 14.3. The predicted molar refractivity (Wildman–Crippen MR) is 70.6 cm³/mol. The molecule has 2 fully saturated rings. The number of piperazine rings is 1. The number of rotatable bonds is 2. The fraction of sp³-hybridized carbons (Fsp3) is 0.500. The minimum atomic E-state index is -3.61. The third-order valence-electron chi connectivity index (χ3n) is 3.85. The average molecular weight is 297 g/mol. The van der Waals surface area contributed by atoms with Crippen LogP contribution in [0.3, 0.4) is 0 Å². The molecule has 0 aromatic carbocycles. The van der Waals surface area contributed by atoms with Gasteiger partial charge in [0.15, 0.2) is 0 Å². The fourth-order valence-corrected chi connectivity index (χ4v) is 4.20. The van der Waals surface area contributed by atoms with Gasteiger partial charge in [-0.25, -0.2) is 8.42 Å². The Hall–Kier alpha value is -1.67. The fourth-order valence-electron chi connectivity index (χ4n) is 2.76. The molecule has 0 radical (unpaired) electrons. The van der Waals surface area contributed by atoms with E-state index in [0.29, 0.717) is 32.5 Å². The van der Waals surface area contributed by atoms with Crippen molar-refractivity contribution in [1.82, 2.24) is 14.2 Å². The summed E-state index contributed by atoms with van der Waals surface area (Å²) in [7, 11) is -3.61. The summed E-state index contributed by atoms with van der Waals surface area (Å²) in [6.45, 7) is 1.06. The van der Waals surface area contributed by atoms with Gasteiger partial charge >= 0.3 is 0 Å². The van der Waals surface area contributed by atoms with Crippen LogP contribution in [0, 0.1) is 0 Å². The topological polar surface area (TPSA) is 90.5 Å². The number of aromatic nitrogens is 1. The van der Waals surface area contributed by atoms with E-state index in [0.717, 1.165) is 0 Å². The molecule has 1 unspecified atom stereocenters. The van der Waals surface area contributed by atoms with Gasteiger partial charge in [0, 0.05) is 44.4 Å². The zero-order valence-corrected chi connectivity index (χ0v) is 11.6. The Balaban J connectivity index is 1.84. The first-order valence-corrected chi connectivity index (χ1v) is 7.91. The van der Waals surface area contributed by atoms with Crippen LogP contribution in [0.5, 0.6) is 0 Å². The van der Waals surface area contributed by atoms with Crippen LogP contribution in [0.1, 0.15) is 12.8 Å². The van der Waals surface area contributed by atoms with Crippen LogP contribution in [-0.2, 0) is 14.8 Å². The highest BCUT2D eigenvalue weighted by Gasteiger charge is 2.39. The van der Waals surface area contributed by atoms with Crippen molar-refractivity contribution < 1.29 is 13.2 Å². The molecule has 0 bridgehead atoms. The first kappa shape index (κ1) is 13.3. The van der Waals surface area contributed by atoms with Gasteiger partial charge in [0.2, 0.25) is 21.5 Å². The van der Waals surface area contributed by atoms with Crippen molar-refractivity contribution in [2.24, 2.45) is 0 Å². The Morgan fingerprint density at radius 3 is 2.70 bits per heavy atom. The number of nitrogens with one attached hydrogen (secondary N) is 1. The van der Waals surface area contributed by atoms with E-state index in [9.17, 15) is 18.0 Å². The maximum absolute atomic E-state index is 12.5. The van der Waals surface area contributed by atoms with E-state index in [4.69, 9.17) is 0 Å². The Labute approximate surface area is 116 Å². The second kappa shape index (κ2) is 4.71. The standard InChI is InChI=1S/C12H15N3O4S/c16-11-3-2-10(7-13-11)20(18,19)14-5-6-15-9(8-14)1-4-12(15)17/h2-3,7,9H,1,4-6,8H2,(H,13,16). The van der Waals surface area contributed by atoms with Crippen molar-refractivity contribution in [3.05, 3.63) is 28.7 Å². The van der Waals surface area contributed by atoms with Crippen molar-refractivity contribution in [3.8, 4) is 0 Å². The van der Waals surface area contributed by atoms with Gasteiger partial charge in [-0.15, -0.1) is 0 Å². The normalized spacial score (nSPS) is 23.9. The molecule has 3 rings (SSSR count). The maximum Gasteiger partial charge on any atom is 0.247 e. The summed E-state index contributed by atoms with van der Waals surface area (Å²) in [6, 6.07) is 2.48. The van der Waals surface area contributed by atoms with E-state index in [1.807, 2.05) is 0 Å². The molecule has 2 aliphatic rings. The van der Waals surface area contributed by atoms with E-state index in [1.54, 1.807) is 4.90 Å². The number of carbonyl (C=O) groups is 1. The molecule has 2 aliphatic heterocycles. The third-order valence-corrected chi connectivity index (χ3v) is 5.71. The van der Waals surface area contributed by atoms with Crippen molar-refractivity contribution in [3.63, 3.8) is 0 Å². The van der Waals surface area contributed by atoms with Crippen LogP contribution >= 0.6 is 0 Å². The number of H-pyrrole nitrogens is 1. The summed E-state index contributed by atoms with van der Waals surface area (Å²) in [5, 5.41) is 0. The van der Waals surface area contributed by atoms with E-state index >= 15 is 0 Å². The summed E-state index contributed by atoms with van der Waals surface area (Å²) in [4.78, 5) is 26.8. The second-order valence-electron chi connectivity index (χ2n) is 5.03. The van der Waals surface area contributed by atoms with Crippen molar-refractivity contribution in [2.75, 3.05) is 19.6 Å². The Morgan fingerprint density at radius 2 is 2.00 bits per heavy atom. The largest absolute Gasteiger partial charge is 0.337 e. The molecule has 1 aromatic rings. The Morgan fingerprint density at radius 1 is 1.20 bits per heavy atom. The van der Waals surface area contributed by atoms with Gasteiger partial charge in [-0.1, -0.05) is 0 Å². The molecular weight excluding hydrogens is 282 g/mol. The first-order valence-electron chi connectivity index (χ1n) is 6.47. The lowest BCUT2D eigenvalue weighted by molar-refractivity contribution is -0.130. The number of nitrogens with zero attached hydrogens (tertiary/aromatic N) is 2. The predicted octanol–water partition coefficient (Wildman–Crippen LogP) is -0.630. The molecule has 20 heavy (non-hydrogen) atoms. The van der Waals surface area contributed by atoms with Crippen molar-refractivity contribution in [2.45, 2.75) is 23.8 Å². The van der Waals surface area contributed by atoms with Crippen LogP contribution in [0.2, 0.25) is 0 Å². The lowest BCUT2D eigenvalue weighted by Crippen LogP contribution is -2.53. The number of hydrogen-bond donors (Lipinski definition) is 1. The SMILES string of the molecule is O=C1CCC2CN(S(=O)(=O)c3ccc(=O)[nH]c3)CCN12. The summed E-state index contributed by atoms with van der Waals surface area (Å²) in [5.74, 6) is 0.107. The Bertz CT molecular complexity index is 676. The van der Waals surface area contributed by atoms with E-state index in [2.05, 4.69) is 4.98 Å². The van der Waals surface area contributed by atoms with Gasteiger partial charge in [-0.05, 0) is 12.5 Å².